The predicted octanol–water partition coefficient (Wildman–Crippen LogP) is 0.352. The highest BCUT2D eigenvalue weighted by atomic mass is 16.3. The third-order valence-electron chi connectivity index (χ3n) is 2.76. The Kier molecular flexibility index (Phi) is 2.47. The van der Waals surface area contributed by atoms with Gasteiger partial charge in [0.05, 0.1) is 17.7 Å². The number of aromatic hydroxyl groups is 2. The summed E-state index contributed by atoms with van der Waals surface area (Å²) in [4.78, 5) is 11.7. The van der Waals surface area contributed by atoms with Crippen LogP contribution >= 0.6 is 0 Å². The van der Waals surface area contributed by atoms with Gasteiger partial charge in [0.15, 0.2) is 0 Å². The maximum atomic E-state index is 11.7. The monoisotopic (exact) mass is 223 g/mol. The molecular weight excluding hydrogens is 210 g/mol. The molecule has 5 nitrogen and oxygen atoms in total. The van der Waals surface area contributed by atoms with Crippen molar-refractivity contribution in [1.82, 2.24) is 5.32 Å². The predicted molar refractivity (Wildman–Crippen MR) is 56.3 cm³/mol. The first-order chi connectivity index (χ1) is 7.56. The number of hydrogen-bond donors (Lipinski definition) is 4. The summed E-state index contributed by atoms with van der Waals surface area (Å²) in [5.41, 5.74) is -0.519. The van der Waals surface area contributed by atoms with Crippen molar-refractivity contribution >= 4 is 5.91 Å². The first-order valence-corrected chi connectivity index (χ1v) is 5.02. The lowest BCUT2D eigenvalue weighted by Crippen LogP contribution is -2.39. The van der Waals surface area contributed by atoms with Gasteiger partial charge in [0.2, 0.25) is 0 Å². The average Bonchev–Trinajstić information content (AvgIpc) is 3.02. The van der Waals surface area contributed by atoms with E-state index in [0.29, 0.717) is 0 Å². The quantitative estimate of drug-likeness (QED) is 0.557. The van der Waals surface area contributed by atoms with Crippen LogP contribution in [0.2, 0.25) is 0 Å². The number of benzene rings is 1. The molecule has 86 valence electrons. The number of aliphatic hydroxyl groups is 1. The maximum absolute atomic E-state index is 11.7. The van der Waals surface area contributed by atoms with Crippen molar-refractivity contribution in [2.45, 2.75) is 18.4 Å². The Labute approximate surface area is 92.3 Å². The van der Waals surface area contributed by atoms with Crippen LogP contribution in [0.15, 0.2) is 18.2 Å². The number of phenolic OH excluding ortho intramolecular Hbond substituents is 2. The number of carbonyl (C=O) groups is 1. The Balaban J connectivity index is 2.17. The van der Waals surface area contributed by atoms with Crippen molar-refractivity contribution in [3.63, 3.8) is 0 Å². The third kappa shape index (κ3) is 1.94. The van der Waals surface area contributed by atoms with Gasteiger partial charge in [-0.15, -0.1) is 0 Å². The van der Waals surface area contributed by atoms with Gasteiger partial charge in [0.1, 0.15) is 11.5 Å². The average molecular weight is 223 g/mol. The molecule has 1 amide bonds. The molecule has 16 heavy (non-hydrogen) atoms. The van der Waals surface area contributed by atoms with E-state index >= 15 is 0 Å². The normalized spacial score (nSPS) is 16.8. The van der Waals surface area contributed by atoms with Crippen molar-refractivity contribution < 1.29 is 20.1 Å². The van der Waals surface area contributed by atoms with E-state index in [4.69, 9.17) is 5.11 Å². The highest BCUT2D eigenvalue weighted by molar-refractivity contribution is 5.97. The largest absolute Gasteiger partial charge is 0.508 e. The Bertz CT molecular complexity index is 426. The SMILES string of the molecule is O=C(NC1(CO)CC1)c1cc(O)ccc1O. The van der Waals surface area contributed by atoms with Gasteiger partial charge in [-0.2, -0.15) is 0 Å². The second-order valence-corrected chi connectivity index (χ2v) is 4.09. The molecule has 5 heteroatoms. The topological polar surface area (TPSA) is 89.8 Å². The molecule has 2 rings (SSSR count). The molecule has 1 fully saturated rings. The Morgan fingerprint density at radius 3 is 2.62 bits per heavy atom. The minimum absolute atomic E-state index is 0.0136. The molecule has 0 saturated heterocycles. The minimum Gasteiger partial charge on any atom is -0.508 e. The van der Waals surface area contributed by atoms with Crippen LogP contribution in [0, 0.1) is 0 Å². The van der Waals surface area contributed by atoms with Crippen molar-refractivity contribution in [3.8, 4) is 11.5 Å². The van der Waals surface area contributed by atoms with E-state index < -0.39 is 11.4 Å². The second-order valence-electron chi connectivity index (χ2n) is 4.09. The molecule has 1 aromatic rings. The Morgan fingerprint density at radius 2 is 2.06 bits per heavy atom. The molecule has 1 saturated carbocycles. The van der Waals surface area contributed by atoms with Crippen molar-refractivity contribution in [3.05, 3.63) is 23.8 Å². The molecule has 0 unspecified atom stereocenters. The Hall–Kier alpha value is -1.75. The van der Waals surface area contributed by atoms with E-state index in [-0.39, 0.29) is 23.7 Å². The van der Waals surface area contributed by atoms with Crippen LogP contribution in [0.5, 0.6) is 11.5 Å². The number of aliphatic hydroxyl groups excluding tert-OH is 1. The zero-order chi connectivity index (χ0) is 11.8. The molecule has 0 aromatic heterocycles. The molecule has 0 radical (unpaired) electrons. The van der Waals surface area contributed by atoms with Gasteiger partial charge in [-0.05, 0) is 31.0 Å². The highest BCUT2D eigenvalue weighted by Crippen LogP contribution is 2.35. The number of carbonyl (C=O) groups excluding carboxylic acids is 1. The molecule has 1 aromatic carbocycles. The van der Waals surface area contributed by atoms with E-state index in [9.17, 15) is 15.0 Å². The molecule has 0 bridgehead atoms. The summed E-state index contributed by atoms with van der Waals surface area (Å²) in [6.45, 7) is -0.113. The number of hydrogen-bond acceptors (Lipinski definition) is 4. The molecule has 0 spiro atoms. The van der Waals surface area contributed by atoms with Crippen molar-refractivity contribution in [2.24, 2.45) is 0 Å². The number of rotatable bonds is 3. The highest BCUT2D eigenvalue weighted by Gasteiger charge is 2.43. The molecule has 1 aliphatic carbocycles. The smallest absolute Gasteiger partial charge is 0.255 e. The Morgan fingerprint density at radius 1 is 1.38 bits per heavy atom. The van der Waals surface area contributed by atoms with Gasteiger partial charge in [-0.1, -0.05) is 0 Å². The lowest BCUT2D eigenvalue weighted by atomic mass is 10.1. The standard InChI is InChI=1S/C11H13NO4/c13-6-11(3-4-11)12-10(16)8-5-7(14)1-2-9(8)15/h1-2,5,13-15H,3-4,6H2,(H,12,16). The fourth-order valence-corrected chi connectivity index (χ4v) is 1.49. The van der Waals surface area contributed by atoms with Gasteiger partial charge in [0.25, 0.3) is 5.91 Å². The van der Waals surface area contributed by atoms with Gasteiger partial charge in [-0.25, -0.2) is 0 Å². The lowest BCUT2D eigenvalue weighted by Gasteiger charge is -2.14. The fourth-order valence-electron chi connectivity index (χ4n) is 1.49. The van der Waals surface area contributed by atoms with Gasteiger partial charge < -0.3 is 20.6 Å². The molecule has 0 heterocycles. The zero-order valence-electron chi connectivity index (χ0n) is 8.60. The summed E-state index contributed by atoms with van der Waals surface area (Å²) >= 11 is 0. The summed E-state index contributed by atoms with van der Waals surface area (Å²) in [5, 5.41) is 30.4. The summed E-state index contributed by atoms with van der Waals surface area (Å²) in [6.07, 6.45) is 1.46. The van der Waals surface area contributed by atoms with Crippen LogP contribution < -0.4 is 5.32 Å². The third-order valence-corrected chi connectivity index (χ3v) is 2.76. The van der Waals surface area contributed by atoms with Crippen LogP contribution in [0.4, 0.5) is 0 Å². The van der Waals surface area contributed by atoms with Crippen LogP contribution in [0.3, 0.4) is 0 Å². The number of nitrogens with one attached hydrogen (secondary N) is 1. The molecule has 0 aliphatic heterocycles. The summed E-state index contributed by atoms with van der Waals surface area (Å²) in [7, 11) is 0. The van der Waals surface area contributed by atoms with Crippen LogP contribution in [0.25, 0.3) is 0 Å². The van der Waals surface area contributed by atoms with Gasteiger partial charge in [-0.3, -0.25) is 4.79 Å². The van der Waals surface area contributed by atoms with E-state index in [2.05, 4.69) is 5.32 Å². The van der Waals surface area contributed by atoms with Crippen molar-refractivity contribution in [2.75, 3.05) is 6.61 Å². The fraction of sp³-hybridized carbons (Fsp3) is 0.364. The maximum Gasteiger partial charge on any atom is 0.255 e. The molecule has 4 N–H and O–H groups in total. The van der Waals surface area contributed by atoms with E-state index in [0.717, 1.165) is 12.8 Å². The minimum atomic E-state index is -0.533. The lowest BCUT2D eigenvalue weighted by molar-refractivity contribution is 0.0903. The summed E-state index contributed by atoms with van der Waals surface area (Å²) in [5.74, 6) is -0.763. The number of amides is 1. The summed E-state index contributed by atoms with van der Waals surface area (Å²) < 4.78 is 0. The number of phenols is 2. The first-order valence-electron chi connectivity index (χ1n) is 5.02. The van der Waals surface area contributed by atoms with E-state index in [1.54, 1.807) is 0 Å². The van der Waals surface area contributed by atoms with Gasteiger partial charge >= 0.3 is 0 Å². The molecular formula is C11H13NO4. The van der Waals surface area contributed by atoms with Crippen LogP contribution in [0.1, 0.15) is 23.2 Å². The van der Waals surface area contributed by atoms with Crippen LogP contribution in [-0.4, -0.2) is 33.4 Å². The van der Waals surface area contributed by atoms with E-state index in [1.807, 2.05) is 0 Å². The molecule has 0 atom stereocenters. The van der Waals surface area contributed by atoms with E-state index in [1.165, 1.54) is 18.2 Å². The zero-order valence-corrected chi connectivity index (χ0v) is 8.60. The second kappa shape index (κ2) is 3.68. The molecule has 1 aliphatic rings. The first kappa shape index (κ1) is 10.8. The van der Waals surface area contributed by atoms with Crippen LogP contribution in [-0.2, 0) is 0 Å². The van der Waals surface area contributed by atoms with Crippen molar-refractivity contribution in [1.29, 1.82) is 0 Å². The van der Waals surface area contributed by atoms with Gasteiger partial charge in [0, 0.05) is 0 Å². The summed E-state index contributed by atoms with van der Waals surface area (Å²) in [6, 6.07) is 3.74.